The number of fused-ring (bicyclic) bond motifs is 2. The topological polar surface area (TPSA) is 55.6 Å². The fourth-order valence-corrected chi connectivity index (χ4v) is 3.18. The molecule has 0 bridgehead atoms. The first-order valence-corrected chi connectivity index (χ1v) is 8.41. The number of ether oxygens (including phenoxy) is 1. The molecule has 1 amide bonds. The number of carbonyl (C=O) groups is 1. The molecular formula is C19H16F3N3O2. The molecule has 0 saturated heterocycles. The van der Waals surface area contributed by atoms with Crippen LogP contribution in [-0.4, -0.2) is 21.9 Å². The second-order valence-electron chi connectivity index (χ2n) is 6.46. The third-order valence-corrected chi connectivity index (χ3v) is 4.46. The van der Waals surface area contributed by atoms with Gasteiger partial charge in [-0.25, -0.2) is 4.98 Å². The van der Waals surface area contributed by atoms with E-state index >= 15 is 0 Å². The van der Waals surface area contributed by atoms with Crippen molar-refractivity contribution in [1.82, 2.24) is 14.7 Å². The highest BCUT2D eigenvalue weighted by Crippen LogP contribution is 2.32. The summed E-state index contributed by atoms with van der Waals surface area (Å²) in [7, 11) is 0. The number of nitrogens with zero attached hydrogens (tertiary/aromatic N) is 2. The first kappa shape index (κ1) is 17.4. The lowest BCUT2D eigenvalue weighted by Crippen LogP contribution is -2.27. The largest absolute Gasteiger partial charge is 0.493 e. The van der Waals surface area contributed by atoms with Gasteiger partial charge >= 0.3 is 6.18 Å². The maximum absolute atomic E-state index is 13.4. The summed E-state index contributed by atoms with van der Waals surface area (Å²) in [4.78, 5) is 16.2. The average Bonchev–Trinajstić information content (AvgIpc) is 3.22. The quantitative estimate of drug-likeness (QED) is 0.762. The van der Waals surface area contributed by atoms with E-state index in [1.165, 1.54) is 16.7 Å². The average molecular weight is 375 g/mol. The molecule has 8 heteroatoms. The van der Waals surface area contributed by atoms with Crippen molar-refractivity contribution in [1.29, 1.82) is 0 Å². The summed E-state index contributed by atoms with van der Waals surface area (Å²) in [6.45, 7) is 2.46. The van der Waals surface area contributed by atoms with Crippen LogP contribution in [0.5, 0.6) is 5.75 Å². The molecule has 0 fully saturated rings. The van der Waals surface area contributed by atoms with Crippen molar-refractivity contribution >= 4 is 11.6 Å². The Hall–Kier alpha value is -3.03. The number of carbonyl (C=O) groups excluding carboxylic acids is 1. The van der Waals surface area contributed by atoms with E-state index < -0.39 is 23.5 Å². The van der Waals surface area contributed by atoms with Crippen molar-refractivity contribution in [2.45, 2.75) is 26.1 Å². The van der Waals surface area contributed by atoms with Gasteiger partial charge in [-0.05, 0) is 35.7 Å². The summed E-state index contributed by atoms with van der Waals surface area (Å²) in [6.07, 6.45) is -2.47. The Morgan fingerprint density at radius 3 is 2.89 bits per heavy atom. The number of rotatable bonds is 3. The zero-order valence-corrected chi connectivity index (χ0v) is 14.4. The van der Waals surface area contributed by atoms with Gasteiger partial charge in [0.05, 0.1) is 6.61 Å². The number of benzene rings is 1. The fraction of sp³-hybridized carbons (Fsp3) is 0.263. The minimum Gasteiger partial charge on any atom is -0.493 e. The second-order valence-corrected chi connectivity index (χ2v) is 6.46. The van der Waals surface area contributed by atoms with E-state index in [0.717, 1.165) is 28.9 Å². The third-order valence-electron chi connectivity index (χ3n) is 4.46. The standard InChI is InChI=1S/C19H16F3N3O2/c1-11-2-5-15-24-17(19(20,21)22)16(25(15)10-11)18(26)23-9-12-3-4-14-13(8-12)6-7-27-14/h2-5,8,10H,6-7,9H2,1H3,(H,23,26). The number of alkyl halides is 3. The van der Waals surface area contributed by atoms with Crippen LogP contribution in [0.2, 0.25) is 0 Å². The molecule has 1 aliphatic heterocycles. The summed E-state index contributed by atoms with van der Waals surface area (Å²) in [5.74, 6) is -0.0149. The normalized spacial score (nSPS) is 13.5. The summed E-state index contributed by atoms with van der Waals surface area (Å²) < 4.78 is 46.8. The molecule has 5 nitrogen and oxygen atoms in total. The smallest absolute Gasteiger partial charge is 0.435 e. The van der Waals surface area contributed by atoms with Gasteiger partial charge in [-0.3, -0.25) is 9.20 Å². The van der Waals surface area contributed by atoms with Crippen LogP contribution in [0.3, 0.4) is 0 Å². The maximum atomic E-state index is 13.4. The van der Waals surface area contributed by atoms with Crippen LogP contribution < -0.4 is 10.1 Å². The minimum absolute atomic E-state index is 0.0766. The van der Waals surface area contributed by atoms with Crippen LogP contribution in [0.25, 0.3) is 5.65 Å². The van der Waals surface area contributed by atoms with E-state index in [1.807, 2.05) is 12.1 Å². The first-order valence-electron chi connectivity index (χ1n) is 8.41. The Balaban J connectivity index is 1.64. The van der Waals surface area contributed by atoms with Gasteiger partial charge in [-0.15, -0.1) is 0 Å². The van der Waals surface area contributed by atoms with E-state index in [4.69, 9.17) is 4.74 Å². The number of nitrogens with one attached hydrogen (secondary N) is 1. The van der Waals surface area contributed by atoms with Crippen molar-refractivity contribution < 1.29 is 22.7 Å². The van der Waals surface area contributed by atoms with Crippen LogP contribution in [-0.2, 0) is 19.1 Å². The number of amides is 1. The third kappa shape index (κ3) is 3.22. The SMILES string of the molecule is Cc1ccc2nc(C(F)(F)F)c(C(=O)NCc3ccc4c(c3)CCO4)n2c1. The van der Waals surface area contributed by atoms with E-state index in [-0.39, 0.29) is 12.2 Å². The molecule has 27 heavy (non-hydrogen) atoms. The Labute approximate surface area is 152 Å². The van der Waals surface area contributed by atoms with Crippen molar-refractivity contribution in [3.63, 3.8) is 0 Å². The van der Waals surface area contributed by atoms with Gasteiger partial charge in [0.1, 0.15) is 17.1 Å². The highest BCUT2D eigenvalue weighted by molar-refractivity contribution is 5.95. The zero-order chi connectivity index (χ0) is 19.2. The molecule has 0 aliphatic carbocycles. The number of hydrogen-bond acceptors (Lipinski definition) is 3. The lowest BCUT2D eigenvalue weighted by molar-refractivity contribution is -0.141. The molecule has 3 aromatic rings. The molecule has 0 saturated carbocycles. The molecule has 2 aromatic heterocycles. The van der Waals surface area contributed by atoms with Crippen LogP contribution in [0, 0.1) is 6.92 Å². The van der Waals surface area contributed by atoms with Crippen molar-refractivity contribution in [3.05, 3.63) is 64.6 Å². The molecular weight excluding hydrogens is 359 g/mol. The lowest BCUT2D eigenvalue weighted by Gasteiger charge is -2.10. The van der Waals surface area contributed by atoms with Gasteiger partial charge < -0.3 is 10.1 Å². The van der Waals surface area contributed by atoms with Gasteiger partial charge in [0.15, 0.2) is 5.69 Å². The number of hydrogen-bond donors (Lipinski definition) is 1. The lowest BCUT2D eigenvalue weighted by atomic mass is 10.1. The molecule has 1 aromatic carbocycles. The molecule has 0 radical (unpaired) electrons. The van der Waals surface area contributed by atoms with Crippen molar-refractivity contribution in [3.8, 4) is 5.75 Å². The molecule has 1 N–H and O–H groups in total. The summed E-state index contributed by atoms with van der Waals surface area (Å²) in [5, 5.41) is 2.58. The summed E-state index contributed by atoms with van der Waals surface area (Å²) in [5.41, 5.74) is 0.932. The number of aryl methyl sites for hydroxylation is 1. The molecule has 3 heterocycles. The monoisotopic (exact) mass is 375 g/mol. The number of imidazole rings is 1. The second kappa shape index (κ2) is 6.29. The van der Waals surface area contributed by atoms with Gasteiger partial charge in [0.2, 0.25) is 0 Å². The zero-order valence-electron chi connectivity index (χ0n) is 14.4. The maximum Gasteiger partial charge on any atom is 0.435 e. The highest BCUT2D eigenvalue weighted by atomic mass is 19.4. The van der Waals surface area contributed by atoms with E-state index in [1.54, 1.807) is 19.1 Å². The van der Waals surface area contributed by atoms with E-state index in [9.17, 15) is 18.0 Å². The number of halogens is 3. The van der Waals surface area contributed by atoms with E-state index in [2.05, 4.69) is 10.3 Å². The molecule has 0 unspecified atom stereocenters. The van der Waals surface area contributed by atoms with Crippen molar-refractivity contribution in [2.24, 2.45) is 0 Å². The predicted molar refractivity (Wildman–Crippen MR) is 91.7 cm³/mol. The predicted octanol–water partition coefficient (Wildman–Crippen LogP) is 3.53. The fourth-order valence-electron chi connectivity index (χ4n) is 3.18. The highest BCUT2D eigenvalue weighted by Gasteiger charge is 2.40. The molecule has 4 rings (SSSR count). The van der Waals surface area contributed by atoms with Gasteiger partial charge in [-0.1, -0.05) is 18.2 Å². The molecule has 1 aliphatic rings. The van der Waals surface area contributed by atoms with Crippen LogP contribution in [0.1, 0.15) is 32.9 Å². The van der Waals surface area contributed by atoms with Crippen LogP contribution in [0.15, 0.2) is 36.5 Å². The Kier molecular flexibility index (Phi) is 4.05. The molecule has 0 spiro atoms. The van der Waals surface area contributed by atoms with Gasteiger partial charge in [0.25, 0.3) is 5.91 Å². The van der Waals surface area contributed by atoms with E-state index in [0.29, 0.717) is 6.61 Å². The Morgan fingerprint density at radius 2 is 2.11 bits per heavy atom. The number of pyridine rings is 1. The minimum atomic E-state index is -4.72. The Morgan fingerprint density at radius 1 is 1.30 bits per heavy atom. The molecule has 140 valence electrons. The van der Waals surface area contributed by atoms with Gasteiger partial charge in [-0.2, -0.15) is 13.2 Å². The van der Waals surface area contributed by atoms with Crippen LogP contribution in [0.4, 0.5) is 13.2 Å². The van der Waals surface area contributed by atoms with Gasteiger partial charge in [0, 0.05) is 19.2 Å². The number of aromatic nitrogens is 2. The molecule has 0 atom stereocenters. The first-order chi connectivity index (χ1) is 12.8. The summed E-state index contributed by atoms with van der Waals surface area (Å²) >= 11 is 0. The van der Waals surface area contributed by atoms with Crippen LogP contribution >= 0.6 is 0 Å². The Bertz CT molecular complexity index is 1040. The summed E-state index contributed by atoms with van der Waals surface area (Å²) in [6, 6.07) is 8.60. The van der Waals surface area contributed by atoms with Crippen molar-refractivity contribution in [2.75, 3.05) is 6.61 Å².